The largest absolute Gasteiger partial charge is 0.394 e. The van der Waals surface area contributed by atoms with E-state index in [4.69, 9.17) is 24.4 Å². The van der Waals surface area contributed by atoms with Gasteiger partial charge in [-0.2, -0.15) is 0 Å². The SMILES string of the molecule is CC1O[C@H](CO)[C@H](O)[C@H](O)[C@H]1OC1O[C@H](CO)[C@H](O)[C@H](O)[C@H]1O. The van der Waals surface area contributed by atoms with Crippen molar-refractivity contribution in [2.75, 3.05) is 13.2 Å². The minimum atomic E-state index is -1.63. The van der Waals surface area contributed by atoms with Crippen LogP contribution < -0.4 is 0 Å². The summed E-state index contributed by atoms with van der Waals surface area (Å²) in [7, 11) is 0. The summed E-state index contributed by atoms with van der Waals surface area (Å²) in [6.07, 6.45) is -13.0. The van der Waals surface area contributed by atoms with Gasteiger partial charge in [0.1, 0.15) is 48.8 Å². The van der Waals surface area contributed by atoms with Crippen LogP contribution in [0.15, 0.2) is 0 Å². The van der Waals surface area contributed by atoms with Gasteiger partial charge in [0.15, 0.2) is 6.29 Å². The van der Waals surface area contributed by atoms with Crippen LogP contribution >= 0.6 is 0 Å². The van der Waals surface area contributed by atoms with E-state index in [1.165, 1.54) is 6.92 Å². The molecule has 0 aromatic carbocycles. The van der Waals surface area contributed by atoms with E-state index in [1.54, 1.807) is 0 Å². The first-order chi connectivity index (χ1) is 10.8. The summed E-state index contributed by atoms with van der Waals surface area (Å²) in [5.74, 6) is 0. The lowest BCUT2D eigenvalue weighted by atomic mass is 9.95. The molecular formula is C13H24O10. The Morgan fingerprint density at radius 3 is 1.83 bits per heavy atom. The molecule has 2 rings (SSSR count). The van der Waals surface area contributed by atoms with Crippen molar-refractivity contribution in [1.29, 1.82) is 0 Å². The Hall–Kier alpha value is -0.400. The monoisotopic (exact) mass is 340 g/mol. The molecule has 23 heavy (non-hydrogen) atoms. The predicted octanol–water partition coefficient (Wildman–Crippen LogP) is -4.33. The van der Waals surface area contributed by atoms with E-state index >= 15 is 0 Å². The molecule has 0 aromatic rings. The van der Waals surface area contributed by atoms with Crippen LogP contribution in [0.25, 0.3) is 0 Å². The first kappa shape index (κ1) is 18.9. The van der Waals surface area contributed by atoms with Crippen molar-refractivity contribution in [3.8, 4) is 0 Å². The Bertz CT molecular complexity index is 380. The van der Waals surface area contributed by atoms with E-state index in [0.29, 0.717) is 0 Å². The number of hydrogen-bond donors (Lipinski definition) is 7. The van der Waals surface area contributed by atoms with Gasteiger partial charge in [0.2, 0.25) is 0 Å². The highest BCUT2D eigenvalue weighted by Crippen LogP contribution is 2.28. The number of ether oxygens (including phenoxy) is 3. The molecule has 0 saturated carbocycles. The topological polar surface area (TPSA) is 169 Å². The Labute approximate surface area is 132 Å². The molecule has 0 aromatic heterocycles. The van der Waals surface area contributed by atoms with Crippen molar-refractivity contribution in [3.05, 3.63) is 0 Å². The molecule has 136 valence electrons. The van der Waals surface area contributed by atoms with Crippen molar-refractivity contribution in [2.24, 2.45) is 0 Å². The van der Waals surface area contributed by atoms with Gasteiger partial charge in [-0.1, -0.05) is 0 Å². The molecule has 2 aliphatic rings. The molecule has 10 nitrogen and oxygen atoms in total. The molecule has 10 heteroatoms. The zero-order valence-electron chi connectivity index (χ0n) is 12.5. The van der Waals surface area contributed by atoms with Gasteiger partial charge in [-0.25, -0.2) is 0 Å². The summed E-state index contributed by atoms with van der Waals surface area (Å²) in [6.45, 7) is 0.432. The summed E-state index contributed by atoms with van der Waals surface area (Å²) in [5.41, 5.74) is 0. The van der Waals surface area contributed by atoms with E-state index in [1.807, 2.05) is 0 Å². The number of rotatable bonds is 4. The molecular weight excluding hydrogens is 316 g/mol. The second kappa shape index (κ2) is 7.66. The van der Waals surface area contributed by atoms with Crippen LogP contribution in [0.1, 0.15) is 6.92 Å². The molecule has 2 unspecified atom stereocenters. The number of hydrogen-bond acceptors (Lipinski definition) is 10. The van der Waals surface area contributed by atoms with E-state index in [9.17, 15) is 25.5 Å². The van der Waals surface area contributed by atoms with Crippen LogP contribution in [0.5, 0.6) is 0 Å². The molecule has 2 aliphatic heterocycles. The van der Waals surface area contributed by atoms with Crippen LogP contribution in [0.3, 0.4) is 0 Å². The molecule has 0 amide bonds. The zero-order chi connectivity index (χ0) is 17.3. The maximum Gasteiger partial charge on any atom is 0.187 e. The first-order valence-electron chi connectivity index (χ1n) is 7.40. The van der Waals surface area contributed by atoms with Gasteiger partial charge in [-0.3, -0.25) is 0 Å². The van der Waals surface area contributed by atoms with Crippen LogP contribution in [0.2, 0.25) is 0 Å². The van der Waals surface area contributed by atoms with Gasteiger partial charge >= 0.3 is 0 Å². The molecule has 10 atom stereocenters. The molecule has 2 saturated heterocycles. The molecule has 2 fully saturated rings. The lowest BCUT2D eigenvalue weighted by molar-refractivity contribution is -0.340. The maximum absolute atomic E-state index is 10.1. The lowest BCUT2D eigenvalue weighted by Crippen LogP contribution is -2.63. The Morgan fingerprint density at radius 2 is 1.26 bits per heavy atom. The zero-order valence-corrected chi connectivity index (χ0v) is 12.5. The average Bonchev–Trinajstić information content (AvgIpc) is 2.54. The van der Waals surface area contributed by atoms with Gasteiger partial charge in [0.25, 0.3) is 0 Å². The molecule has 0 aliphatic carbocycles. The van der Waals surface area contributed by atoms with E-state index in [-0.39, 0.29) is 0 Å². The third kappa shape index (κ3) is 3.66. The van der Waals surface area contributed by atoms with Gasteiger partial charge in [-0.15, -0.1) is 0 Å². The van der Waals surface area contributed by atoms with Crippen molar-refractivity contribution in [1.82, 2.24) is 0 Å². The van der Waals surface area contributed by atoms with Crippen LogP contribution in [-0.4, -0.2) is 110 Å². The average molecular weight is 340 g/mol. The first-order valence-corrected chi connectivity index (χ1v) is 7.40. The summed E-state index contributed by atoms with van der Waals surface area (Å²) < 4.78 is 15.9. The molecule has 2 heterocycles. The van der Waals surface area contributed by atoms with Gasteiger partial charge < -0.3 is 50.0 Å². The summed E-state index contributed by atoms with van der Waals surface area (Å²) >= 11 is 0. The van der Waals surface area contributed by atoms with Crippen LogP contribution in [-0.2, 0) is 14.2 Å². The Balaban J connectivity index is 2.08. The van der Waals surface area contributed by atoms with Crippen molar-refractivity contribution >= 4 is 0 Å². The summed E-state index contributed by atoms with van der Waals surface area (Å²) in [6, 6.07) is 0. The van der Waals surface area contributed by atoms with Crippen molar-refractivity contribution < 1.29 is 50.0 Å². The van der Waals surface area contributed by atoms with E-state index < -0.39 is 74.4 Å². The minimum absolute atomic E-state index is 0.491. The smallest absolute Gasteiger partial charge is 0.187 e. The summed E-state index contributed by atoms with van der Waals surface area (Å²) in [5, 5.41) is 67.5. The highest BCUT2D eigenvalue weighted by Gasteiger charge is 2.49. The highest BCUT2D eigenvalue weighted by molar-refractivity contribution is 4.94. The Morgan fingerprint density at radius 1 is 0.739 bits per heavy atom. The third-order valence-corrected chi connectivity index (χ3v) is 4.24. The molecule has 7 N–H and O–H groups in total. The second-order valence-corrected chi connectivity index (χ2v) is 5.84. The molecule has 0 spiro atoms. The second-order valence-electron chi connectivity index (χ2n) is 5.84. The molecule has 0 radical (unpaired) electrons. The number of aliphatic hydroxyl groups is 7. The fraction of sp³-hybridized carbons (Fsp3) is 1.00. The maximum atomic E-state index is 10.1. The predicted molar refractivity (Wildman–Crippen MR) is 72.1 cm³/mol. The standard InChI is InChI=1S/C13H24O10/c1-4-12(10(19)8(17)5(2-14)21-4)23-13-11(20)9(18)7(16)6(3-15)22-13/h4-20H,2-3H2,1H3/t4?,5-,6-,7+,8+,9+,10+,11-,12+,13?/m1/s1. The normalized spacial score (nSPS) is 51.7. The lowest BCUT2D eigenvalue weighted by Gasteiger charge is -2.45. The highest BCUT2D eigenvalue weighted by atomic mass is 16.7. The number of aliphatic hydroxyl groups excluding tert-OH is 7. The van der Waals surface area contributed by atoms with Crippen LogP contribution in [0.4, 0.5) is 0 Å². The van der Waals surface area contributed by atoms with Crippen molar-refractivity contribution in [3.63, 3.8) is 0 Å². The van der Waals surface area contributed by atoms with Gasteiger partial charge in [0, 0.05) is 0 Å². The van der Waals surface area contributed by atoms with Gasteiger partial charge in [0.05, 0.1) is 19.3 Å². The third-order valence-electron chi connectivity index (χ3n) is 4.24. The summed E-state index contributed by atoms with van der Waals surface area (Å²) in [4.78, 5) is 0. The minimum Gasteiger partial charge on any atom is -0.394 e. The van der Waals surface area contributed by atoms with E-state index in [0.717, 1.165) is 0 Å². The van der Waals surface area contributed by atoms with E-state index in [2.05, 4.69) is 0 Å². The van der Waals surface area contributed by atoms with Gasteiger partial charge in [-0.05, 0) is 6.92 Å². The van der Waals surface area contributed by atoms with Crippen molar-refractivity contribution in [2.45, 2.75) is 68.1 Å². The molecule has 0 bridgehead atoms. The fourth-order valence-corrected chi connectivity index (χ4v) is 2.80. The quantitative estimate of drug-likeness (QED) is 0.265. The van der Waals surface area contributed by atoms with Crippen LogP contribution in [0, 0.1) is 0 Å². The fourth-order valence-electron chi connectivity index (χ4n) is 2.80. The Kier molecular flexibility index (Phi) is 6.30.